The molecule has 3 heterocycles. The van der Waals surface area contributed by atoms with Gasteiger partial charge in [-0.05, 0) is 48.9 Å². The van der Waals surface area contributed by atoms with Gasteiger partial charge >= 0.3 is 12.4 Å². The van der Waals surface area contributed by atoms with Crippen molar-refractivity contribution < 1.29 is 31.1 Å². The summed E-state index contributed by atoms with van der Waals surface area (Å²) in [4.78, 5) is 22.2. The number of aryl methyl sites for hydroxylation is 1. The molecule has 176 valence electrons. The number of nitrogens with zero attached hydrogens (tertiary/aromatic N) is 2. The highest BCUT2D eigenvalue weighted by atomic mass is 19.4. The van der Waals surface area contributed by atoms with Gasteiger partial charge in [0.2, 0.25) is 0 Å². The second kappa shape index (κ2) is 8.47. The van der Waals surface area contributed by atoms with E-state index in [1.54, 1.807) is 25.1 Å². The second-order valence-electron chi connectivity index (χ2n) is 7.59. The first-order valence-electron chi connectivity index (χ1n) is 9.89. The molecule has 0 spiro atoms. The lowest BCUT2D eigenvalue weighted by Crippen LogP contribution is -2.23. The van der Waals surface area contributed by atoms with Gasteiger partial charge in [0.1, 0.15) is 11.4 Å². The zero-order valence-electron chi connectivity index (χ0n) is 17.5. The Hall–Kier alpha value is -3.89. The van der Waals surface area contributed by atoms with Crippen LogP contribution in [0.1, 0.15) is 33.0 Å². The summed E-state index contributed by atoms with van der Waals surface area (Å²) in [7, 11) is 0. The highest BCUT2D eigenvalue weighted by Gasteiger charge is 2.33. The number of halogens is 6. The van der Waals surface area contributed by atoms with Crippen molar-refractivity contribution in [3.8, 4) is 11.1 Å². The van der Waals surface area contributed by atoms with Gasteiger partial charge in [-0.15, -0.1) is 0 Å². The lowest BCUT2D eigenvalue weighted by molar-refractivity contribution is -0.141. The first-order chi connectivity index (χ1) is 15.9. The molecule has 0 radical (unpaired) electrons. The van der Waals surface area contributed by atoms with Crippen molar-refractivity contribution in [1.29, 1.82) is 0 Å². The molecule has 0 fully saturated rings. The molecule has 1 amide bonds. The van der Waals surface area contributed by atoms with Crippen LogP contribution in [0.15, 0.2) is 54.9 Å². The molecule has 0 aliphatic carbocycles. The fourth-order valence-electron chi connectivity index (χ4n) is 3.40. The van der Waals surface area contributed by atoms with Crippen LogP contribution in [0.4, 0.5) is 26.3 Å². The number of benzene rings is 1. The maximum Gasteiger partial charge on any atom is 0.433 e. The average molecular weight is 478 g/mol. The largest absolute Gasteiger partial charge is 0.433 e. The van der Waals surface area contributed by atoms with Gasteiger partial charge in [-0.1, -0.05) is 6.07 Å². The SMILES string of the molecule is Cc1ccc(-c2cc(CNC(=O)c3ccc(C(F)(F)F)nc3)cc3cc(C(F)(F)F)[nH]c23)cn1. The monoisotopic (exact) mass is 478 g/mol. The molecule has 0 saturated heterocycles. The van der Waals surface area contributed by atoms with Gasteiger partial charge in [-0.2, -0.15) is 26.3 Å². The van der Waals surface area contributed by atoms with Crippen LogP contribution in [-0.4, -0.2) is 20.9 Å². The van der Waals surface area contributed by atoms with Crippen molar-refractivity contribution in [2.75, 3.05) is 0 Å². The van der Waals surface area contributed by atoms with Crippen LogP contribution in [0.5, 0.6) is 0 Å². The molecule has 0 saturated carbocycles. The molecular weight excluding hydrogens is 462 g/mol. The number of aromatic nitrogens is 3. The van der Waals surface area contributed by atoms with Crippen molar-refractivity contribution in [3.63, 3.8) is 0 Å². The molecule has 4 rings (SSSR count). The molecule has 0 unspecified atom stereocenters. The number of rotatable bonds is 4. The minimum Gasteiger partial charge on any atom is -0.351 e. The van der Waals surface area contributed by atoms with Crippen molar-refractivity contribution in [1.82, 2.24) is 20.3 Å². The van der Waals surface area contributed by atoms with Gasteiger partial charge in [0.05, 0.1) is 11.1 Å². The number of hydrogen-bond donors (Lipinski definition) is 2. The van der Waals surface area contributed by atoms with E-state index in [0.717, 1.165) is 24.0 Å². The molecule has 4 aromatic rings. The van der Waals surface area contributed by atoms with Crippen molar-refractivity contribution in [3.05, 3.63) is 83.1 Å². The predicted octanol–water partition coefficient (Wildman–Crippen LogP) is 5.90. The third kappa shape index (κ3) is 4.87. The number of carbonyl (C=O) groups is 1. The molecule has 0 bridgehead atoms. The average Bonchev–Trinajstić information content (AvgIpc) is 3.22. The summed E-state index contributed by atoms with van der Waals surface area (Å²) in [6.45, 7) is 1.70. The van der Waals surface area contributed by atoms with E-state index in [0.29, 0.717) is 22.8 Å². The Bertz CT molecular complexity index is 1340. The molecule has 0 atom stereocenters. The highest BCUT2D eigenvalue weighted by molar-refractivity contribution is 5.96. The second-order valence-corrected chi connectivity index (χ2v) is 7.59. The number of alkyl halides is 6. The Balaban J connectivity index is 1.64. The summed E-state index contributed by atoms with van der Waals surface area (Å²) in [5.41, 5.74) is 0.393. The van der Waals surface area contributed by atoms with Crippen molar-refractivity contribution in [2.45, 2.75) is 25.8 Å². The topological polar surface area (TPSA) is 70.7 Å². The van der Waals surface area contributed by atoms with Crippen LogP contribution < -0.4 is 5.32 Å². The molecule has 5 nitrogen and oxygen atoms in total. The minimum absolute atomic E-state index is 0.0748. The number of carbonyl (C=O) groups excluding carboxylic acids is 1. The maximum absolute atomic E-state index is 13.3. The number of hydrogen-bond acceptors (Lipinski definition) is 3. The summed E-state index contributed by atoms with van der Waals surface area (Å²) in [6.07, 6.45) is -6.86. The first-order valence-corrected chi connectivity index (χ1v) is 9.89. The van der Waals surface area contributed by atoms with Gasteiger partial charge in [-0.25, -0.2) is 0 Å². The van der Waals surface area contributed by atoms with Crippen molar-refractivity contribution >= 4 is 16.8 Å². The third-order valence-electron chi connectivity index (χ3n) is 5.09. The minimum atomic E-state index is -4.63. The summed E-state index contributed by atoms with van der Waals surface area (Å²) in [6, 6.07) is 9.24. The number of aromatic amines is 1. The first kappa shape index (κ1) is 23.3. The standard InChI is InChI=1S/C23H16F6N4O/c1-12-2-3-14(10-30-12)17-7-13(6-16-8-19(23(27,28)29)33-20(16)17)9-32-21(34)15-4-5-18(31-11-15)22(24,25)26/h2-8,10-11,33H,9H2,1H3,(H,32,34). The van der Waals surface area contributed by atoms with Gasteiger partial charge in [0, 0.05) is 41.1 Å². The molecule has 3 aromatic heterocycles. The van der Waals surface area contributed by atoms with Gasteiger partial charge in [-0.3, -0.25) is 14.8 Å². The predicted molar refractivity (Wildman–Crippen MR) is 112 cm³/mol. The smallest absolute Gasteiger partial charge is 0.351 e. The maximum atomic E-state index is 13.3. The number of amides is 1. The fraction of sp³-hybridized carbons (Fsp3) is 0.174. The lowest BCUT2D eigenvalue weighted by atomic mass is 10.0. The van der Waals surface area contributed by atoms with E-state index >= 15 is 0 Å². The van der Waals surface area contributed by atoms with E-state index in [2.05, 4.69) is 20.3 Å². The van der Waals surface area contributed by atoms with Crippen LogP contribution in [-0.2, 0) is 18.9 Å². The summed E-state index contributed by atoms with van der Waals surface area (Å²) in [5.74, 6) is -0.676. The lowest BCUT2D eigenvalue weighted by Gasteiger charge is -2.10. The normalized spacial score (nSPS) is 12.2. The zero-order chi connectivity index (χ0) is 24.7. The summed E-state index contributed by atoms with van der Waals surface area (Å²) in [5, 5.41) is 2.84. The Labute approximate surface area is 188 Å². The molecule has 11 heteroatoms. The van der Waals surface area contributed by atoms with Gasteiger partial charge in [0.15, 0.2) is 0 Å². The summed E-state index contributed by atoms with van der Waals surface area (Å²) < 4.78 is 77.8. The quantitative estimate of drug-likeness (QED) is 0.359. The Kier molecular flexibility index (Phi) is 5.80. The third-order valence-corrected chi connectivity index (χ3v) is 5.09. The fourth-order valence-corrected chi connectivity index (χ4v) is 3.40. The van der Waals surface area contributed by atoms with Crippen LogP contribution in [0, 0.1) is 6.92 Å². The number of pyridine rings is 2. The van der Waals surface area contributed by atoms with E-state index in [9.17, 15) is 31.1 Å². The molecule has 0 aliphatic rings. The Morgan fingerprint density at radius 2 is 1.71 bits per heavy atom. The van der Waals surface area contributed by atoms with Crippen LogP contribution >= 0.6 is 0 Å². The molecule has 2 N–H and O–H groups in total. The Morgan fingerprint density at radius 3 is 2.29 bits per heavy atom. The van der Waals surface area contributed by atoms with Crippen LogP contribution in [0.3, 0.4) is 0 Å². The van der Waals surface area contributed by atoms with Crippen molar-refractivity contribution in [2.24, 2.45) is 0 Å². The summed E-state index contributed by atoms with van der Waals surface area (Å²) >= 11 is 0. The van der Waals surface area contributed by atoms with E-state index < -0.39 is 29.6 Å². The molecule has 0 aliphatic heterocycles. The molecule has 1 aromatic carbocycles. The zero-order valence-corrected chi connectivity index (χ0v) is 17.5. The molecular formula is C23H16F6N4O. The van der Waals surface area contributed by atoms with E-state index in [1.807, 2.05) is 0 Å². The van der Waals surface area contributed by atoms with E-state index in [1.165, 1.54) is 12.3 Å². The molecule has 34 heavy (non-hydrogen) atoms. The van der Waals surface area contributed by atoms with Crippen LogP contribution in [0.2, 0.25) is 0 Å². The van der Waals surface area contributed by atoms with E-state index in [4.69, 9.17) is 0 Å². The highest BCUT2D eigenvalue weighted by Crippen LogP contribution is 2.36. The number of fused-ring (bicyclic) bond motifs is 1. The van der Waals surface area contributed by atoms with Gasteiger partial charge in [0.25, 0.3) is 5.91 Å². The number of nitrogens with one attached hydrogen (secondary N) is 2. The van der Waals surface area contributed by atoms with E-state index in [-0.39, 0.29) is 23.0 Å². The van der Waals surface area contributed by atoms with Gasteiger partial charge < -0.3 is 10.3 Å². The number of H-pyrrole nitrogens is 1. The Morgan fingerprint density at radius 1 is 0.941 bits per heavy atom. The van der Waals surface area contributed by atoms with Crippen LogP contribution in [0.25, 0.3) is 22.0 Å².